The monoisotopic (exact) mass is 450 g/mol. The van der Waals surface area contributed by atoms with Crippen molar-refractivity contribution >= 4 is 5.97 Å². The van der Waals surface area contributed by atoms with E-state index in [1.165, 1.54) is 17.5 Å². The van der Waals surface area contributed by atoms with Crippen LogP contribution in [-0.4, -0.2) is 48.2 Å². The first kappa shape index (κ1) is 22.5. The summed E-state index contributed by atoms with van der Waals surface area (Å²) in [6, 6.07) is 18.2. The van der Waals surface area contributed by atoms with E-state index in [1.54, 1.807) is 12.1 Å². The standard InChI is InChI=1S/C28H35FN2O2/c29-23-9-7-21(8-10-23)18-27(19-30-25-17-24(25)22-5-2-1-3-6-22)13-15-31(16-14-27)20-28(26(32)33)11-4-12-28/h1-3,5-10,24-25,30H,4,11-20H2,(H,32,33)/t24-,25-/m1/s1. The summed E-state index contributed by atoms with van der Waals surface area (Å²) in [4.78, 5) is 14.2. The molecule has 5 heteroatoms. The van der Waals surface area contributed by atoms with Crippen molar-refractivity contribution < 1.29 is 14.3 Å². The zero-order valence-corrected chi connectivity index (χ0v) is 19.3. The number of hydrogen-bond donors (Lipinski definition) is 2. The second kappa shape index (κ2) is 9.19. The molecular weight excluding hydrogens is 415 g/mol. The van der Waals surface area contributed by atoms with Gasteiger partial charge in [-0.05, 0) is 80.3 Å². The Kier molecular flexibility index (Phi) is 6.28. The van der Waals surface area contributed by atoms with Crippen molar-refractivity contribution in [2.45, 2.75) is 56.9 Å². The molecule has 176 valence electrons. The lowest BCUT2D eigenvalue weighted by molar-refractivity contribution is -0.156. The van der Waals surface area contributed by atoms with Crippen molar-refractivity contribution in [2.24, 2.45) is 10.8 Å². The van der Waals surface area contributed by atoms with Crippen molar-refractivity contribution in [1.82, 2.24) is 10.2 Å². The van der Waals surface area contributed by atoms with Crippen molar-refractivity contribution in [2.75, 3.05) is 26.2 Å². The molecule has 1 aliphatic heterocycles. The van der Waals surface area contributed by atoms with Crippen LogP contribution < -0.4 is 5.32 Å². The molecule has 2 atom stereocenters. The Hall–Kier alpha value is -2.24. The fourth-order valence-electron chi connectivity index (χ4n) is 5.94. The van der Waals surface area contributed by atoms with Gasteiger partial charge in [-0.1, -0.05) is 48.9 Å². The van der Waals surface area contributed by atoms with Crippen molar-refractivity contribution in [3.8, 4) is 0 Å². The molecule has 1 heterocycles. The second-order valence-electron chi connectivity index (χ2n) is 10.8. The van der Waals surface area contributed by atoms with Gasteiger partial charge in [-0.3, -0.25) is 4.79 Å². The number of benzene rings is 2. The lowest BCUT2D eigenvalue weighted by Gasteiger charge is -2.47. The van der Waals surface area contributed by atoms with Gasteiger partial charge < -0.3 is 15.3 Å². The summed E-state index contributed by atoms with van der Waals surface area (Å²) >= 11 is 0. The Bertz CT molecular complexity index is 950. The first-order valence-electron chi connectivity index (χ1n) is 12.5. The van der Waals surface area contributed by atoms with E-state index < -0.39 is 11.4 Å². The van der Waals surface area contributed by atoms with Crippen LogP contribution >= 0.6 is 0 Å². The van der Waals surface area contributed by atoms with Crippen molar-refractivity contribution in [1.29, 1.82) is 0 Å². The van der Waals surface area contributed by atoms with Gasteiger partial charge in [0.1, 0.15) is 5.82 Å². The third-order valence-corrected chi connectivity index (χ3v) is 8.46. The van der Waals surface area contributed by atoms with E-state index in [-0.39, 0.29) is 11.2 Å². The van der Waals surface area contributed by atoms with E-state index in [0.29, 0.717) is 18.5 Å². The van der Waals surface area contributed by atoms with E-state index in [9.17, 15) is 14.3 Å². The highest BCUT2D eigenvalue weighted by atomic mass is 19.1. The number of halogens is 1. The highest BCUT2D eigenvalue weighted by Crippen LogP contribution is 2.45. The van der Waals surface area contributed by atoms with Gasteiger partial charge >= 0.3 is 5.97 Å². The van der Waals surface area contributed by atoms with Gasteiger partial charge in [-0.15, -0.1) is 0 Å². The average Bonchev–Trinajstić information content (AvgIpc) is 3.58. The topological polar surface area (TPSA) is 52.6 Å². The molecule has 0 radical (unpaired) electrons. The first-order valence-corrected chi connectivity index (χ1v) is 12.5. The Morgan fingerprint density at radius 2 is 1.73 bits per heavy atom. The minimum absolute atomic E-state index is 0.119. The third kappa shape index (κ3) is 4.99. The van der Waals surface area contributed by atoms with Crippen LogP contribution in [0.3, 0.4) is 0 Å². The van der Waals surface area contributed by atoms with Crippen LogP contribution in [0.5, 0.6) is 0 Å². The van der Waals surface area contributed by atoms with E-state index in [2.05, 4.69) is 40.5 Å². The Morgan fingerprint density at radius 1 is 1.03 bits per heavy atom. The summed E-state index contributed by atoms with van der Waals surface area (Å²) < 4.78 is 13.5. The quantitative estimate of drug-likeness (QED) is 0.573. The zero-order chi connectivity index (χ0) is 22.9. The number of carboxylic acids is 1. The molecule has 0 bridgehead atoms. The molecule has 0 aromatic heterocycles. The summed E-state index contributed by atoms with van der Waals surface area (Å²) in [5.41, 5.74) is 2.19. The second-order valence-corrected chi connectivity index (χ2v) is 10.8. The number of hydrogen-bond acceptors (Lipinski definition) is 3. The molecule has 4 nitrogen and oxygen atoms in total. The van der Waals surface area contributed by atoms with Crippen LogP contribution in [0.2, 0.25) is 0 Å². The van der Waals surface area contributed by atoms with E-state index in [0.717, 1.165) is 58.2 Å². The minimum Gasteiger partial charge on any atom is -0.481 e. The van der Waals surface area contributed by atoms with Gasteiger partial charge in [0.05, 0.1) is 5.41 Å². The number of piperidine rings is 1. The molecule has 2 saturated carbocycles. The number of carboxylic acid groups (broad SMARTS) is 1. The van der Waals surface area contributed by atoms with Crippen molar-refractivity contribution in [3.63, 3.8) is 0 Å². The molecule has 2 aromatic carbocycles. The average molecular weight is 451 g/mol. The Morgan fingerprint density at radius 3 is 2.33 bits per heavy atom. The van der Waals surface area contributed by atoms with Gasteiger partial charge in [-0.2, -0.15) is 0 Å². The fraction of sp³-hybridized carbons (Fsp3) is 0.536. The molecule has 3 fully saturated rings. The molecule has 3 aliphatic rings. The van der Waals surface area contributed by atoms with Crippen molar-refractivity contribution in [3.05, 3.63) is 71.5 Å². The lowest BCUT2D eigenvalue weighted by Crippen LogP contribution is -2.52. The fourth-order valence-corrected chi connectivity index (χ4v) is 5.94. The first-order chi connectivity index (χ1) is 16.0. The predicted octanol–water partition coefficient (Wildman–Crippen LogP) is 4.85. The van der Waals surface area contributed by atoms with Crippen LogP contribution in [0.25, 0.3) is 0 Å². The molecule has 0 spiro atoms. The highest BCUT2D eigenvalue weighted by molar-refractivity contribution is 5.76. The van der Waals surface area contributed by atoms with Gasteiger partial charge in [0, 0.05) is 25.0 Å². The number of carbonyl (C=O) groups is 1. The zero-order valence-electron chi connectivity index (χ0n) is 19.3. The Labute approximate surface area is 196 Å². The molecule has 1 saturated heterocycles. The van der Waals surface area contributed by atoms with Crippen LogP contribution in [0.4, 0.5) is 4.39 Å². The molecule has 2 N–H and O–H groups in total. The van der Waals surface area contributed by atoms with Crippen LogP contribution in [-0.2, 0) is 11.2 Å². The maximum atomic E-state index is 13.5. The Balaban J connectivity index is 1.23. The maximum Gasteiger partial charge on any atom is 0.310 e. The van der Waals surface area contributed by atoms with Crippen LogP contribution in [0.15, 0.2) is 54.6 Å². The molecule has 5 rings (SSSR count). The maximum absolute atomic E-state index is 13.5. The summed E-state index contributed by atoms with van der Waals surface area (Å²) in [5.74, 6) is -0.216. The van der Waals surface area contributed by atoms with Crippen LogP contribution in [0, 0.1) is 16.6 Å². The van der Waals surface area contributed by atoms with Gasteiger partial charge in [-0.25, -0.2) is 4.39 Å². The van der Waals surface area contributed by atoms with Gasteiger partial charge in [0.15, 0.2) is 0 Å². The molecule has 2 aromatic rings. The molecular formula is C28H35FN2O2. The molecule has 2 aliphatic carbocycles. The summed E-state index contributed by atoms with van der Waals surface area (Å²) in [6.07, 6.45) is 6.84. The molecule has 0 amide bonds. The van der Waals surface area contributed by atoms with Crippen LogP contribution in [0.1, 0.15) is 55.6 Å². The smallest absolute Gasteiger partial charge is 0.310 e. The number of likely N-dealkylation sites (tertiary alicyclic amines) is 1. The predicted molar refractivity (Wildman–Crippen MR) is 128 cm³/mol. The molecule has 33 heavy (non-hydrogen) atoms. The minimum atomic E-state index is -0.626. The number of nitrogens with zero attached hydrogens (tertiary/aromatic N) is 1. The normalized spacial score (nSPS) is 25.8. The van der Waals surface area contributed by atoms with E-state index in [1.807, 2.05) is 12.1 Å². The van der Waals surface area contributed by atoms with Gasteiger partial charge in [0.2, 0.25) is 0 Å². The summed E-state index contributed by atoms with van der Waals surface area (Å²) in [6.45, 7) is 3.51. The largest absolute Gasteiger partial charge is 0.481 e. The number of nitrogens with one attached hydrogen (secondary N) is 1. The SMILES string of the molecule is O=C(O)C1(CN2CCC(CN[C@@H]3C[C@@H]3c3ccccc3)(Cc3ccc(F)cc3)CC2)CCC1. The van der Waals surface area contributed by atoms with E-state index in [4.69, 9.17) is 0 Å². The lowest BCUT2D eigenvalue weighted by atomic mass is 9.67. The summed E-state index contributed by atoms with van der Waals surface area (Å²) in [7, 11) is 0. The molecule has 0 unspecified atom stereocenters. The van der Waals surface area contributed by atoms with Gasteiger partial charge in [0.25, 0.3) is 0 Å². The third-order valence-electron chi connectivity index (χ3n) is 8.46. The summed E-state index contributed by atoms with van der Waals surface area (Å²) in [5, 5.41) is 13.6. The number of aliphatic carboxylic acids is 1. The number of rotatable bonds is 9. The van der Waals surface area contributed by atoms with E-state index >= 15 is 0 Å². The highest BCUT2D eigenvalue weighted by Gasteiger charge is 2.47.